The van der Waals surface area contributed by atoms with Gasteiger partial charge in [0.05, 0.1) is 32.0 Å². The predicted molar refractivity (Wildman–Crippen MR) is 94.2 cm³/mol. The monoisotopic (exact) mass is 333 g/mol. The number of hydrogen-bond donors (Lipinski definition) is 1. The zero-order chi connectivity index (χ0) is 16.9. The predicted octanol–water partition coefficient (Wildman–Crippen LogP) is 0.842. The SMILES string of the molecule is CC1CN(c2ccc(CN=C(N)N3CCOCC3)cn2)CC(C)O1. The van der Waals surface area contributed by atoms with Gasteiger partial charge in [-0.1, -0.05) is 6.07 Å². The number of anilines is 1. The molecule has 0 radical (unpaired) electrons. The van der Waals surface area contributed by atoms with E-state index in [0.717, 1.165) is 37.6 Å². The maximum Gasteiger partial charge on any atom is 0.191 e. The molecule has 0 spiro atoms. The normalized spacial score (nSPS) is 25.8. The lowest BCUT2D eigenvalue weighted by Crippen LogP contribution is -2.45. The summed E-state index contributed by atoms with van der Waals surface area (Å²) in [6, 6.07) is 4.13. The van der Waals surface area contributed by atoms with Crippen LogP contribution in [0.5, 0.6) is 0 Å². The van der Waals surface area contributed by atoms with Gasteiger partial charge in [0.2, 0.25) is 0 Å². The largest absolute Gasteiger partial charge is 0.378 e. The molecule has 0 aliphatic carbocycles. The summed E-state index contributed by atoms with van der Waals surface area (Å²) in [4.78, 5) is 13.4. The first kappa shape index (κ1) is 17.0. The Bertz CT molecular complexity index is 547. The standard InChI is InChI=1S/C17H27N5O2/c1-13-11-22(12-14(2)24-13)16-4-3-15(9-19-16)10-20-17(18)21-5-7-23-8-6-21/h3-4,9,13-14H,5-8,10-12H2,1-2H3,(H2,18,20). The minimum absolute atomic E-state index is 0.230. The summed E-state index contributed by atoms with van der Waals surface area (Å²) in [6.45, 7) is 9.52. The lowest BCUT2D eigenvalue weighted by atomic mass is 10.2. The van der Waals surface area contributed by atoms with Gasteiger partial charge in [-0.05, 0) is 25.5 Å². The third-order valence-electron chi connectivity index (χ3n) is 4.31. The Balaban J connectivity index is 1.58. The molecule has 1 aromatic rings. The maximum atomic E-state index is 6.05. The van der Waals surface area contributed by atoms with Crippen molar-refractivity contribution < 1.29 is 9.47 Å². The number of guanidine groups is 1. The molecule has 132 valence electrons. The van der Waals surface area contributed by atoms with E-state index in [9.17, 15) is 0 Å². The second-order valence-electron chi connectivity index (χ2n) is 6.46. The minimum atomic E-state index is 0.230. The van der Waals surface area contributed by atoms with Crippen LogP contribution in [0.3, 0.4) is 0 Å². The fraction of sp³-hybridized carbons (Fsp3) is 0.647. The smallest absolute Gasteiger partial charge is 0.191 e. The first-order valence-corrected chi connectivity index (χ1v) is 8.60. The first-order chi connectivity index (χ1) is 11.6. The van der Waals surface area contributed by atoms with Crippen LogP contribution in [0, 0.1) is 0 Å². The highest BCUT2D eigenvalue weighted by atomic mass is 16.5. The number of aromatic nitrogens is 1. The van der Waals surface area contributed by atoms with Crippen molar-refractivity contribution in [2.24, 2.45) is 10.7 Å². The van der Waals surface area contributed by atoms with Crippen molar-refractivity contribution in [3.8, 4) is 0 Å². The molecule has 1 aromatic heterocycles. The van der Waals surface area contributed by atoms with Gasteiger partial charge in [0.25, 0.3) is 0 Å². The zero-order valence-corrected chi connectivity index (χ0v) is 14.5. The number of pyridine rings is 1. The van der Waals surface area contributed by atoms with Gasteiger partial charge in [0, 0.05) is 32.4 Å². The van der Waals surface area contributed by atoms with Crippen molar-refractivity contribution in [3.05, 3.63) is 23.9 Å². The summed E-state index contributed by atoms with van der Waals surface area (Å²) in [6.07, 6.45) is 2.34. The van der Waals surface area contributed by atoms with E-state index in [0.29, 0.717) is 25.7 Å². The zero-order valence-electron chi connectivity index (χ0n) is 14.5. The first-order valence-electron chi connectivity index (χ1n) is 8.60. The van der Waals surface area contributed by atoms with E-state index in [1.165, 1.54) is 0 Å². The van der Waals surface area contributed by atoms with Gasteiger partial charge in [-0.25, -0.2) is 9.98 Å². The number of aliphatic imine (C=N–C) groups is 1. The number of morpholine rings is 2. The lowest BCUT2D eigenvalue weighted by Gasteiger charge is -2.36. The van der Waals surface area contributed by atoms with E-state index in [-0.39, 0.29) is 12.2 Å². The van der Waals surface area contributed by atoms with Crippen LogP contribution in [0.2, 0.25) is 0 Å². The number of hydrogen-bond acceptors (Lipinski definition) is 5. The molecule has 3 heterocycles. The van der Waals surface area contributed by atoms with Crippen molar-refractivity contribution >= 4 is 11.8 Å². The van der Waals surface area contributed by atoms with E-state index in [1.54, 1.807) is 0 Å². The molecule has 0 amide bonds. The Morgan fingerprint density at radius 3 is 2.58 bits per heavy atom. The number of ether oxygens (including phenoxy) is 2. The highest BCUT2D eigenvalue weighted by molar-refractivity contribution is 5.78. The molecule has 2 aliphatic rings. The van der Waals surface area contributed by atoms with Gasteiger partial charge in [-0.15, -0.1) is 0 Å². The van der Waals surface area contributed by atoms with Crippen molar-refractivity contribution in [2.45, 2.75) is 32.6 Å². The van der Waals surface area contributed by atoms with E-state index >= 15 is 0 Å². The van der Waals surface area contributed by atoms with Crippen molar-refractivity contribution in [2.75, 3.05) is 44.3 Å². The van der Waals surface area contributed by atoms with Crippen LogP contribution in [0.1, 0.15) is 19.4 Å². The number of rotatable bonds is 3. The van der Waals surface area contributed by atoms with Gasteiger partial charge < -0.3 is 25.0 Å². The van der Waals surface area contributed by atoms with Crippen LogP contribution >= 0.6 is 0 Å². The summed E-state index contributed by atoms with van der Waals surface area (Å²) >= 11 is 0. The molecule has 2 atom stereocenters. The van der Waals surface area contributed by atoms with Crippen molar-refractivity contribution in [1.29, 1.82) is 0 Å². The Morgan fingerprint density at radius 1 is 1.25 bits per heavy atom. The molecule has 0 bridgehead atoms. The number of nitrogens with zero attached hydrogens (tertiary/aromatic N) is 4. The lowest BCUT2D eigenvalue weighted by molar-refractivity contribution is -0.00545. The highest BCUT2D eigenvalue weighted by Crippen LogP contribution is 2.18. The molecule has 3 rings (SSSR count). The molecule has 2 saturated heterocycles. The quantitative estimate of drug-likeness (QED) is 0.653. The van der Waals surface area contributed by atoms with Crippen molar-refractivity contribution in [3.63, 3.8) is 0 Å². The summed E-state index contributed by atoms with van der Waals surface area (Å²) in [5.41, 5.74) is 7.11. The van der Waals surface area contributed by atoms with Crippen LogP contribution in [0.15, 0.2) is 23.3 Å². The molecule has 2 aliphatic heterocycles. The van der Waals surface area contributed by atoms with Crippen LogP contribution in [-0.4, -0.2) is 67.4 Å². The Labute approximate surface area is 143 Å². The molecule has 2 N–H and O–H groups in total. The van der Waals surface area contributed by atoms with Crippen LogP contribution in [-0.2, 0) is 16.0 Å². The third-order valence-corrected chi connectivity index (χ3v) is 4.31. The van der Waals surface area contributed by atoms with E-state index in [4.69, 9.17) is 15.2 Å². The second kappa shape index (κ2) is 7.81. The highest BCUT2D eigenvalue weighted by Gasteiger charge is 2.22. The molecular formula is C17H27N5O2. The topological polar surface area (TPSA) is 76.2 Å². The minimum Gasteiger partial charge on any atom is -0.378 e. The Kier molecular flexibility index (Phi) is 5.52. The molecule has 7 nitrogen and oxygen atoms in total. The molecule has 0 saturated carbocycles. The van der Waals surface area contributed by atoms with Gasteiger partial charge in [0.15, 0.2) is 5.96 Å². The molecule has 24 heavy (non-hydrogen) atoms. The molecule has 2 fully saturated rings. The average molecular weight is 333 g/mol. The maximum absolute atomic E-state index is 6.05. The average Bonchev–Trinajstić information content (AvgIpc) is 2.60. The molecule has 0 aromatic carbocycles. The third kappa shape index (κ3) is 4.36. The fourth-order valence-electron chi connectivity index (χ4n) is 3.13. The van der Waals surface area contributed by atoms with Gasteiger partial charge in [-0.2, -0.15) is 0 Å². The van der Waals surface area contributed by atoms with Crippen molar-refractivity contribution in [1.82, 2.24) is 9.88 Å². The molecular weight excluding hydrogens is 306 g/mol. The molecule has 2 unspecified atom stereocenters. The van der Waals surface area contributed by atoms with Gasteiger partial charge in [-0.3, -0.25) is 0 Å². The Hall–Kier alpha value is -1.86. The summed E-state index contributed by atoms with van der Waals surface area (Å²) in [5, 5.41) is 0. The second-order valence-corrected chi connectivity index (χ2v) is 6.46. The number of nitrogens with two attached hydrogens (primary N) is 1. The van der Waals surface area contributed by atoms with Gasteiger partial charge >= 0.3 is 0 Å². The van der Waals surface area contributed by atoms with E-state index in [2.05, 4.69) is 45.8 Å². The fourth-order valence-corrected chi connectivity index (χ4v) is 3.13. The van der Waals surface area contributed by atoms with Crippen LogP contribution in [0.4, 0.5) is 5.82 Å². The van der Waals surface area contributed by atoms with E-state index < -0.39 is 0 Å². The summed E-state index contributed by atoms with van der Waals surface area (Å²) in [5.74, 6) is 1.57. The summed E-state index contributed by atoms with van der Waals surface area (Å²) < 4.78 is 11.1. The van der Waals surface area contributed by atoms with E-state index in [1.807, 2.05) is 6.20 Å². The molecule has 7 heteroatoms. The summed E-state index contributed by atoms with van der Waals surface area (Å²) in [7, 11) is 0. The van der Waals surface area contributed by atoms with Crippen LogP contribution in [0.25, 0.3) is 0 Å². The van der Waals surface area contributed by atoms with Crippen LogP contribution < -0.4 is 10.6 Å². The Morgan fingerprint density at radius 2 is 1.96 bits per heavy atom. The van der Waals surface area contributed by atoms with Gasteiger partial charge in [0.1, 0.15) is 5.82 Å².